The van der Waals surface area contributed by atoms with Crippen LogP contribution < -0.4 is 5.56 Å². The largest absolute Gasteiger partial charge is 0.321 e. The Kier molecular flexibility index (Phi) is 3.71. The van der Waals surface area contributed by atoms with Crippen LogP contribution in [0.5, 0.6) is 0 Å². The molecule has 0 saturated heterocycles. The normalized spacial score (nSPS) is 15.2. The van der Waals surface area contributed by atoms with E-state index in [4.69, 9.17) is 0 Å². The lowest BCUT2D eigenvalue weighted by Gasteiger charge is -2.29. The van der Waals surface area contributed by atoms with Gasteiger partial charge >= 0.3 is 0 Å². The van der Waals surface area contributed by atoms with Crippen molar-refractivity contribution in [1.29, 1.82) is 0 Å². The minimum Gasteiger partial charge on any atom is -0.321 e. The molecular formula is C26H22N2O. The summed E-state index contributed by atoms with van der Waals surface area (Å²) in [5.74, 6) is 0. The van der Waals surface area contributed by atoms with Gasteiger partial charge in [-0.3, -0.25) is 9.69 Å². The Morgan fingerprint density at radius 1 is 0.828 bits per heavy atom. The van der Waals surface area contributed by atoms with Crippen LogP contribution >= 0.6 is 0 Å². The first-order valence-corrected chi connectivity index (χ1v) is 10.3. The first-order chi connectivity index (χ1) is 14.3. The van der Waals surface area contributed by atoms with E-state index < -0.39 is 0 Å². The molecule has 1 aliphatic carbocycles. The van der Waals surface area contributed by atoms with Gasteiger partial charge in [0.25, 0.3) is 5.56 Å². The quantitative estimate of drug-likeness (QED) is 0.485. The fraction of sp³-hybridized carbons (Fsp3) is 0.192. The molecule has 1 aromatic heterocycles. The lowest BCUT2D eigenvalue weighted by atomic mass is 9.97. The van der Waals surface area contributed by atoms with Gasteiger partial charge in [0.15, 0.2) is 0 Å². The van der Waals surface area contributed by atoms with Crippen LogP contribution in [0.2, 0.25) is 0 Å². The van der Waals surface area contributed by atoms with Crippen molar-refractivity contribution in [3.05, 3.63) is 105 Å². The van der Waals surface area contributed by atoms with E-state index in [2.05, 4.69) is 58.4 Å². The second-order valence-electron chi connectivity index (χ2n) is 8.20. The molecule has 3 heteroatoms. The summed E-state index contributed by atoms with van der Waals surface area (Å²) in [5.41, 5.74) is 9.14. The first kappa shape index (κ1) is 16.8. The maximum atomic E-state index is 12.6. The smallest absolute Gasteiger partial charge is 0.256 e. The fourth-order valence-corrected chi connectivity index (χ4v) is 5.08. The molecule has 29 heavy (non-hydrogen) atoms. The number of aromatic amines is 1. The maximum Gasteiger partial charge on any atom is 0.256 e. The summed E-state index contributed by atoms with van der Waals surface area (Å²) >= 11 is 0. The van der Waals surface area contributed by atoms with Crippen LogP contribution in [0.1, 0.15) is 27.8 Å². The number of nitrogens with zero attached hydrogens (tertiary/aromatic N) is 1. The van der Waals surface area contributed by atoms with Crippen LogP contribution in [0, 0.1) is 0 Å². The van der Waals surface area contributed by atoms with Crippen LogP contribution in [0.3, 0.4) is 0 Å². The summed E-state index contributed by atoms with van der Waals surface area (Å²) in [4.78, 5) is 18.3. The third-order valence-corrected chi connectivity index (χ3v) is 6.54. The van der Waals surface area contributed by atoms with Crippen LogP contribution in [0.25, 0.3) is 22.0 Å². The van der Waals surface area contributed by atoms with Gasteiger partial charge in [0.05, 0.1) is 5.69 Å². The summed E-state index contributed by atoms with van der Waals surface area (Å²) in [6, 6.07) is 23.3. The number of hydrogen-bond acceptors (Lipinski definition) is 2. The zero-order valence-electron chi connectivity index (χ0n) is 16.2. The van der Waals surface area contributed by atoms with Gasteiger partial charge < -0.3 is 4.98 Å². The molecule has 0 fully saturated rings. The molecular weight excluding hydrogens is 356 g/mol. The van der Waals surface area contributed by atoms with Gasteiger partial charge in [-0.05, 0) is 45.7 Å². The maximum absolute atomic E-state index is 12.6. The van der Waals surface area contributed by atoms with Crippen LogP contribution in [-0.2, 0) is 25.9 Å². The topological polar surface area (TPSA) is 36.1 Å². The van der Waals surface area contributed by atoms with Gasteiger partial charge in [-0.15, -0.1) is 0 Å². The summed E-state index contributed by atoms with van der Waals surface area (Å²) in [7, 11) is 0. The Morgan fingerprint density at radius 3 is 2.52 bits per heavy atom. The first-order valence-electron chi connectivity index (χ1n) is 10.3. The molecule has 0 unspecified atom stereocenters. The highest BCUT2D eigenvalue weighted by atomic mass is 16.1. The van der Waals surface area contributed by atoms with E-state index in [1.165, 1.54) is 33.4 Å². The average molecular weight is 378 g/mol. The molecule has 2 heterocycles. The standard InChI is InChI=1S/C26H22N2O/c29-26-22-10-4-3-9-20(22)24-14-23-19(8-5-11-21(23)25(24)27-26)16-28-13-12-17-6-1-2-7-18(17)15-28/h1-11H,12-16H2,(H,27,29). The van der Waals surface area contributed by atoms with Crippen LogP contribution in [-0.4, -0.2) is 16.4 Å². The molecule has 3 nitrogen and oxygen atoms in total. The minimum absolute atomic E-state index is 0.00485. The van der Waals surface area contributed by atoms with Gasteiger partial charge in [-0.2, -0.15) is 0 Å². The number of rotatable bonds is 2. The van der Waals surface area contributed by atoms with E-state index in [0.717, 1.165) is 48.9 Å². The molecule has 0 bridgehead atoms. The van der Waals surface area contributed by atoms with Crippen molar-refractivity contribution >= 4 is 10.8 Å². The lowest BCUT2D eigenvalue weighted by Crippen LogP contribution is -2.30. The van der Waals surface area contributed by atoms with E-state index in [1.807, 2.05) is 18.2 Å². The van der Waals surface area contributed by atoms with Crippen molar-refractivity contribution in [2.45, 2.75) is 25.9 Å². The molecule has 1 N–H and O–H groups in total. The predicted octanol–water partition coefficient (Wildman–Crippen LogP) is 4.66. The highest BCUT2D eigenvalue weighted by Gasteiger charge is 2.25. The molecule has 0 radical (unpaired) electrons. The number of H-pyrrole nitrogens is 1. The summed E-state index contributed by atoms with van der Waals surface area (Å²) < 4.78 is 0. The van der Waals surface area contributed by atoms with E-state index in [9.17, 15) is 4.79 Å². The molecule has 3 aromatic carbocycles. The van der Waals surface area contributed by atoms with Gasteiger partial charge in [0.1, 0.15) is 0 Å². The molecule has 6 rings (SSSR count). The minimum atomic E-state index is 0.00485. The van der Waals surface area contributed by atoms with Crippen molar-refractivity contribution in [2.24, 2.45) is 0 Å². The Morgan fingerprint density at radius 2 is 1.62 bits per heavy atom. The Labute approximate surface area is 169 Å². The number of hydrogen-bond donors (Lipinski definition) is 1. The van der Waals surface area contributed by atoms with Gasteiger partial charge in [-0.25, -0.2) is 0 Å². The zero-order chi connectivity index (χ0) is 19.4. The van der Waals surface area contributed by atoms with E-state index in [-0.39, 0.29) is 5.56 Å². The molecule has 2 aliphatic rings. The molecule has 0 saturated carbocycles. The van der Waals surface area contributed by atoms with Crippen molar-refractivity contribution < 1.29 is 0 Å². The SMILES string of the molecule is O=c1[nH]c2c(c3ccccc13)Cc1c(CN3CCc4ccccc4C3)cccc1-2. The van der Waals surface area contributed by atoms with Crippen molar-refractivity contribution in [1.82, 2.24) is 9.88 Å². The predicted molar refractivity (Wildman–Crippen MR) is 117 cm³/mol. The van der Waals surface area contributed by atoms with E-state index in [0.29, 0.717) is 0 Å². The number of pyridine rings is 1. The number of benzene rings is 3. The fourth-order valence-electron chi connectivity index (χ4n) is 5.08. The lowest BCUT2D eigenvalue weighted by molar-refractivity contribution is 0.245. The summed E-state index contributed by atoms with van der Waals surface area (Å²) in [6.07, 6.45) is 2.01. The van der Waals surface area contributed by atoms with Crippen LogP contribution in [0.15, 0.2) is 71.5 Å². The summed E-state index contributed by atoms with van der Waals surface area (Å²) in [6.45, 7) is 3.05. The molecule has 1 aliphatic heterocycles. The second kappa shape index (κ2) is 6.43. The number of aromatic nitrogens is 1. The van der Waals surface area contributed by atoms with E-state index in [1.54, 1.807) is 0 Å². The molecule has 0 amide bonds. The molecule has 4 aromatic rings. The highest BCUT2D eigenvalue weighted by Crippen LogP contribution is 2.39. The van der Waals surface area contributed by atoms with Gasteiger partial charge in [0, 0.05) is 37.0 Å². The van der Waals surface area contributed by atoms with E-state index >= 15 is 0 Å². The van der Waals surface area contributed by atoms with Crippen molar-refractivity contribution in [3.63, 3.8) is 0 Å². The number of nitrogens with one attached hydrogen (secondary N) is 1. The van der Waals surface area contributed by atoms with Crippen LogP contribution in [0.4, 0.5) is 0 Å². The second-order valence-corrected chi connectivity index (χ2v) is 8.20. The monoisotopic (exact) mass is 378 g/mol. The molecule has 142 valence electrons. The van der Waals surface area contributed by atoms with Gasteiger partial charge in [0.2, 0.25) is 0 Å². The average Bonchev–Trinajstić information content (AvgIpc) is 3.14. The number of fused-ring (bicyclic) bond motifs is 6. The Hall–Kier alpha value is -3.17. The van der Waals surface area contributed by atoms with Crippen molar-refractivity contribution in [2.75, 3.05) is 6.54 Å². The summed E-state index contributed by atoms with van der Waals surface area (Å²) in [5, 5.41) is 1.87. The molecule has 0 spiro atoms. The third kappa shape index (κ3) is 2.65. The van der Waals surface area contributed by atoms with Crippen molar-refractivity contribution in [3.8, 4) is 11.3 Å². The Bertz CT molecular complexity index is 1320. The highest BCUT2D eigenvalue weighted by molar-refractivity contribution is 5.93. The zero-order valence-corrected chi connectivity index (χ0v) is 16.2. The Balaban J connectivity index is 1.38. The molecule has 0 atom stereocenters. The third-order valence-electron chi connectivity index (χ3n) is 6.54. The van der Waals surface area contributed by atoms with Gasteiger partial charge in [-0.1, -0.05) is 60.7 Å².